The second kappa shape index (κ2) is 3.30. The van der Waals surface area contributed by atoms with Gasteiger partial charge in [-0.1, -0.05) is 25.8 Å². The van der Waals surface area contributed by atoms with Crippen LogP contribution in [0.25, 0.3) is 0 Å². The first kappa shape index (κ1) is 10.5. The molecule has 0 saturated heterocycles. The number of carboxylic acids is 1. The number of hydrogen-bond donors (Lipinski definition) is 1. The van der Waals surface area contributed by atoms with Crippen LogP contribution in [0.1, 0.15) is 13.8 Å². The highest BCUT2D eigenvalue weighted by atomic mass is 16.4. The van der Waals surface area contributed by atoms with Crippen LogP contribution in [-0.2, 0) is 9.59 Å². The first-order valence-corrected chi connectivity index (χ1v) is 4.31. The molecule has 0 aromatic heterocycles. The fraction of sp³-hybridized carbons (Fsp3) is 0.455. The third-order valence-electron chi connectivity index (χ3n) is 2.83. The maximum Gasteiger partial charge on any atom is 0.307 e. The van der Waals surface area contributed by atoms with E-state index in [1.165, 1.54) is 0 Å². The molecule has 0 amide bonds. The summed E-state index contributed by atoms with van der Waals surface area (Å²) in [4.78, 5) is 21.2. The Morgan fingerprint density at radius 1 is 1.57 bits per heavy atom. The Hall–Kier alpha value is -1.56. The smallest absolute Gasteiger partial charge is 0.307 e. The molecular formula is C11H12O3. The predicted molar refractivity (Wildman–Crippen MR) is 51.4 cm³/mol. The van der Waals surface area contributed by atoms with Gasteiger partial charge in [0.05, 0.1) is 11.5 Å². The van der Waals surface area contributed by atoms with Gasteiger partial charge in [0.15, 0.2) is 6.29 Å². The fourth-order valence-corrected chi connectivity index (χ4v) is 1.78. The Morgan fingerprint density at radius 2 is 2.14 bits per heavy atom. The minimum absolute atomic E-state index is 0.128. The van der Waals surface area contributed by atoms with Crippen LogP contribution in [0.15, 0.2) is 11.6 Å². The first-order valence-electron chi connectivity index (χ1n) is 4.31. The van der Waals surface area contributed by atoms with Crippen LogP contribution in [0.2, 0.25) is 0 Å². The van der Waals surface area contributed by atoms with Crippen molar-refractivity contribution in [2.75, 3.05) is 0 Å². The summed E-state index contributed by atoms with van der Waals surface area (Å²) in [5.41, 5.74) is -0.0662. The largest absolute Gasteiger partial charge is 0.481 e. The lowest BCUT2D eigenvalue weighted by Crippen LogP contribution is -2.03. The molecule has 1 rings (SSSR count). The predicted octanol–water partition coefficient (Wildman–Crippen LogP) is 1.10. The van der Waals surface area contributed by atoms with Crippen LogP contribution < -0.4 is 0 Å². The van der Waals surface area contributed by atoms with Gasteiger partial charge in [0.2, 0.25) is 0 Å². The quantitative estimate of drug-likeness (QED) is 0.414. The number of aliphatic carboxylic acids is 1. The van der Waals surface area contributed by atoms with Crippen molar-refractivity contribution in [2.45, 2.75) is 13.8 Å². The van der Waals surface area contributed by atoms with E-state index in [-0.39, 0.29) is 16.9 Å². The van der Waals surface area contributed by atoms with E-state index in [1.807, 2.05) is 13.8 Å². The number of terminal acetylenes is 1. The molecule has 0 aliphatic heterocycles. The van der Waals surface area contributed by atoms with Crippen molar-refractivity contribution in [2.24, 2.45) is 17.3 Å². The molecule has 14 heavy (non-hydrogen) atoms. The van der Waals surface area contributed by atoms with Crippen LogP contribution in [-0.4, -0.2) is 17.4 Å². The van der Waals surface area contributed by atoms with Crippen molar-refractivity contribution in [1.29, 1.82) is 0 Å². The van der Waals surface area contributed by atoms with Gasteiger partial charge in [0, 0.05) is 0 Å². The third kappa shape index (κ3) is 1.56. The Bertz CT molecular complexity index is 344. The van der Waals surface area contributed by atoms with E-state index in [0.29, 0.717) is 6.29 Å². The van der Waals surface area contributed by atoms with E-state index in [4.69, 9.17) is 11.5 Å². The van der Waals surface area contributed by atoms with Gasteiger partial charge < -0.3 is 5.11 Å². The second-order valence-corrected chi connectivity index (χ2v) is 4.05. The van der Waals surface area contributed by atoms with E-state index >= 15 is 0 Å². The molecule has 0 bridgehead atoms. The number of aldehydes is 1. The summed E-state index contributed by atoms with van der Waals surface area (Å²) in [5.74, 6) is 0.832. The molecule has 0 aromatic carbocycles. The number of carboxylic acid groups (broad SMARTS) is 1. The summed E-state index contributed by atoms with van der Waals surface area (Å²) in [7, 11) is 0. The van der Waals surface area contributed by atoms with E-state index < -0.39 is 11.9 Å². The molecule has 3 heteroatoms. The molecule has 0 radical (unpaired) electrons. The number of hydrogen-bond acceptors (Lipinski definition) is 2. The van der Waals surface area contributed by atoms with Crippen molar-refractivity contribution in [3.05, 3.63) is 11.6 Å². The van der Waals surface area contributed by atoms with Crippen molar-refractivity contribution in [1.82, 2.24) is 0 Å². The molecule has 3 nitrogen and oxygen atoms in total. The average molecular weight is 192 g/mol. The Balaban J connectivity index is 2.85. The SMILES string of the molecule is C#C/C(C=O)=C\C1C(C(=O)O)C1(C)C. The summed E-state index contributed by atoms with van der Waals surface area (Å²) in [6.45, 7) is 3.71. The summed E-state index contributed by atoms with van der Waals surface area (Å²) < 4.78 is 0. The molecule has 0 spiro atoms. The molecule has 1 fully saturated rings. The molecule has 0 heterocycles. The van der Waals surface area contributed by atoms with Crippen LogP contribution in [0.3, 0.4) is 0 Å². The minimum Gasteiger partial charge on any atom is -0.481 e. The van der Waals surface area contributed by atoms with E-state index in [1.54, 1.807) is 6.08 Å². The summed E-state index contributed by atoms with van der Waals surface area (Å²) in [6.07, 6.45) is 7.22. The van der Waals surface area contributed by atoms with Gasteiger partial charge >= 0.3 is 5.97 Å². The number of carbonyl (C=O) groups is 2. The molecule has 0 aromatic rings. The highest BCUT2D eigenvalue weighted by Crippen LogP contribution is 2.59. The van der Waals surface area contributed by atoms with Crippen LogP contribution in [0, 0.1) is 29.6 Å². The lowest BCUT2D eigenvalue weighted by atomic mass is 10.1. The lowest BCUT2D eigenvalue weighted by Gasteiger charge is -1.96. The Kier molecular flexibility index (Phi) is 2.48. The fourth-order valence-electron chi connectivity index (χ4n) is 1.78. The minimum atomic E-state index is -0.835. The molecule has 74 valence electrons. The Morgan fingerprint density at radius 3 is 2.43 bits per heavy atom. The zero-order chi connectivity index (χ0) is 10.9. The van der Waals surface area contributed by atoms with E-state index in [0.717, 1.165) is 0 Å². The van der Waals surface area contributed by atoms with Crippen molar-refractivity contribution < 1.29 is 14.7 Å². The van der Waals surface area contributed by atoms with Gasteiger partial charge in [-0.25, -0.2) is 0 Å². The van der Waals surface area contributed by atoms with Gasteiger partial charge in [-0.3, -0.25) is 9.59 Å². The summed E-state index contributed by atoms with van der Waals surface area (Å²) in [5, 5.41) is 8.85. The molecule has 2 atom stereocenters. The second-order valence-electron chi connectivity index (χ2n) is 4.05. The summed E-state index contributed by atoms with van der Waals surface area (Å²) >= 11 is 0. The topological polar surface area (TPSA) is 54.4 Å². The van der Waals surface area contributed by atoms with Crippen molar-refractivity contribution >= 4 is 12.3 Å². The normalized spacial score (nSPS) is 29.1. The van der Waals surface area contributed by atoms with Crippen LogP contribution in [0.4, 0.5) is 0 Å². The lowest BCUT2D eigenvalue weighted by molar-refractivity contribution is -0.139. The number of carbonyl (C=O) groups excluding carboxylic acids is 1. The molecule has 1 saturated carbocycles. The molecule has 2 unspecified atom stereocenters. The first-order chi connectivity index (χ1) is 6.45. The zero-order valence-corrected chi connectivity index (χ0v) is 8.15. The molecule has 1 aliphatic rings. The standard InChI is InChI=1S/C11H12O3/c1-4-7(6-12)5-8-9(10(13)14)11(8,2)3/h1,5-6,8-9H,2-3H3,(H,13,14)/b7-5+. The molecular weight excluding hydrogens is 180 g/mol. The average Bonchev–Trinajstić information content (AvgIpc) is 2.63. The number of allylic oxidation sites excluding steroid dienone is 2. The van der Waals surface area contributed by atoms with Gasteiger partial charge in [-0.05, 0) is 11.3 Å². The van der Waals surface area contributed by atoms with Crippen molar-refractivity contribution in [3.63, 3.8) is 0 Å². The number of rotatable bonds is 3. The zero-order valence-electron chi connectivity index (χ0n) is 8.15. The maximum absolute atomic E-state index is 10.8. The van der Waals surface area contributed by atoms with Crippen molar-refractivity contribution in [3.8, 4) is 12.3 Å². The van der Waals surface area contributed by atoms with Gasteiger partial charge in [0.25, 0.3) is 0 Å². The van der Waals surface area contributed by atoms with Gasteiger partial charge in [0.1, 0.15) is 0 Å². The van der Waals surface area contributed by atoms with E-state index in [9.17, 15) is 9.59 Å². The maximum atomic E-state index is 10.8. The Labute approximate surface area is 82.8 Å². The molecule has 1 aliphatic carbocycles. The monoisotopic (exact) mass is 192 g/mol. The van der Waals surface area contributed by atoms with Crippen LogP contribution in [0.5, 0.6) is 0 Å². The third-order valence-corrected chi connectivity index (χ3v) is 2.83. The highest BCUT2D eigenvalue weighted by Gasteiger charge is 2.60. The molecule has 1 N–H and O–H groups in total. The van der Waals surface area contributed by atoms with Crippen LogP contribution >= 0.6 is 0 Å². The van der Waals surface area contributed by atoms with Gasteiger partial charge in [-0.15, -0.1) is 6.42 Å². The van der Waals surface area contributed by atoms with E-state index in [2.05, 4.69) is 5.92 Å². The van der Waals surface area contributed by atoms with Gasteiger partial charge in [-0.2, -0.15) is 0 Å². The highest BCUT2D eigenvalue weighted by molar-refractivity contribution is 5.81. The summed E-state index contributed by atoms with van der Waals surface area (Å²) in [6, 6.07) is 0.